The summed E-state index contributed by atoms with van der Waals surface area (Å²) in [6, 6.07) is 3.74. The van der Waals surface area contributed by atoms with Crippen LogP contribution in [0.3, 0.4) is 0 Å². The molecule has 1 aromatic rings. The molecule has 8 heteroatoms. The Morgan fingerprint density at radius 2 is 1.87 bits per heavy atom. The van der Waals surface area contributed by atoms with Crippen molar-refractivity contribution in [1.29, 1.82) is 0 Å². The van der Waals surface area contributed by atoms with Gasteiger partial charge in [-0.15, -0.1) is 0 Å². The first-order valence-electron chi connectivity index (χ1n) is 7.22. The monoisotopic (exact) mass is 330 g/mol. The summed E-state index contributed by atoms with van der Waals surface area (Å²) in [5, 5.41) is 11.7. The van der Waals surface area contributed by atoms with Gasteiger partial charge < -0.3 is 10.4 Å². The number of alkyl halides is 3. The molecule has 1 aliphatic rings. The molecule has 0 unspecified atom stereocenters. The Labute approximate surface area is 131 Å². The summed E-state index contributed by atoms with van der Waals surface area (Å²) in [5.41, 5.74) is -0.235. The zero-order valence-electron chi connectivity index (χ0n) is 12.3. The predicted octanol–water partition coefficient (Wildman–Crippen LogP) is 2.85. The summed E-state index contributed by atoms with van der Waals surface area (Å²) >= 11 is 0. The Balaban J connectivity index is 1.94. The number of piperidine rings is 1. The number of amides is 2. The number of carbonyl (C=O) groups is 2. The maximum atomic E-state index is 12.5. The van der Waals surface area contributed by atoms with Gasteiger partial charge in [0, 0.05) is 13.1 Å². The van der Waals surface area contributed by atoms with E-state index in [1.807, 2.05) is 0 Å². The SMILES string of the molecule is O=C(NCc1ccc(C(F)(F)F)cc1)[C@H]1CCCCN1C(=O)O. The minimum Gasteiger partial charge on any atom is -0.465 e. The van der Waals surface area contributed by atoms with Gasteiger partial charge in [0.25, 0.3) is 0 Å². The smallest absolute Gasteiger partial charge is 0.416 e. The summed E-state index contributed by atoms with van der Waals surface area (Å²) in [5.74, 6) is -0.424. The maximum absolute atomic E-state index is 12.5. The molecule has 0 bridgehead atoms. The van der Waals surface area contributed by atoms with Crippen LogP contribution in [0, 0.1) is 0 Å². The van der Waals surface area contributed by atoms with Gasteiger partial charge in [0.2, 0.25) is 5.91 Å². The van der Waals surface area contributed by atoms with Crippen molar-refractivity contribution in [1.82, 2.24) is 10.2 Å². The molecule has 2 N–H and O–H groups in total. The molecule has 1 heterocycles. The number of carboxylic acid groups (broad SMARTS) is 1. The average molecular weight is 330 g/mol. The molecule has 1 aromatic carbocycles. The van der Waals surface area contributed by atoms with Crippen molar-refractivity contribution in [2.45, 2.75) is 38.0 Å². The summed E-state index contributed by atoms with van der Waals surface area (Å²) in [4.78, 5) is 24.3. The van der Waals surface area contributed by atoms with Crippen LogP contribution in [-0.4, -0.2) is 34.6 Å². The molecule has 0 spiro atoms. The van der Waals surface area contributed by atoms with Gasteiger partial charge in [-0.1, -0.05) is 12.1 Å². The molecule has 0 saturated carbocycles. The third-order valence-electron chi connectivity index (χ3n) is 3.80. The fourth-order valence-corrected chi connectivity index (χ4v) is 2.55. The van der Waals surface area contributed by atoms with Crippen molar-refractivity contribution in [2.75, 3.05) is 6.54 Å². The van der Waals surface area contributed by atoms with Crippen LogP contribution in [0.15, 0.2) is 24.3 Å². The van der Waals surface area contributed by atoms with E-state index in [-0.39, 0.29) is 6.54 Å². The van der Waals surface area contributed by atoms with E-state index >= 15 is 0 Å². The largest absolute Gasteiger partial charge is 0.465 e. The first kappa shape index (κ1) is 17.1. The van der Waals surface area contributed by atoms with E-state index in [1.165, 1.54) is 12.1 Å². The molecule has 2 rings (SSSR count). The van der Waals surface area contributed by atoms with Crippen molar-refractivity contribution < 1.29 is 27.9 Å². The predicted molar refractivity (Wildman–Crippen MR) is 75.7 cm³/mol. The summed E-state index contributed by atoms with van der Waals surface area (Å²) < 4.78 is 37.4. The molecule has 1 fully saturated rings. The standard InChI is InChI=1S/C15H17F3N2O3/c16-15(17,18)11-6-4-10(5-7-11)9-19-13(21)12-3-1-2-8-20(12)14(22)23/h4-7,12H,1-3,8-9H2,(H,19,21)(H,22,23)/t12-/m1/s1. The van der Waals surface area contributed by atoms with Gasteiger partial charge in [0.15, 0.2) is 0 Å². The van der Waals surface area contributed by atoms with E-state index in [1.54, 1.807) is 0 Å². The van der Waals surface area contributed by atoms with E-state index in [4.69, 9.17) is 5.11 Å². The molecule has 23 heavy (non-hydrogen) atoms. The highest BCUT2D eigenvalue weighted by Gasteiger charge is 2.32. The second kappa shape index (κ2) is 6.89. The van der Waals surface area contributed by atoms with Gasteiger partial charge in [0.1, 0.15) is 6.04 Å². The topological polar surface area (TPSA) is 69.6 Å². The molecular formula is C15H17F3N2O3. The van der Waals surface area contributed by atoms with Crippen molar-refractivity contribution in [3.05, 3.63) is 35.4 Å². The van der Waals surface area contributed by atoms with Crippen LogP contribution in [0.1, 0.15) is 30.4 Å². The normalized spacial score (nSPS) is 18.6. The van der Waals surface area contributed by atoms with Crippen LogP contribution in [0.5, 0.6) is 0 Å². The van der Waals surface area contributed by atoms with E-state index in [0.29, 0.717) is 18.5 Å². The van der Waals surface area contributed by atoms with Gasteiger partial charge in [-0.2, -0.15) is 13.2 Å². The highest BCUT2D eigenvalue weighted by Crippen LogP contribution is 2.29. The van der Waals surface area contributed by atoms with Crippen LogP contribution in [0.2, 0.25) is 0 Å². The second-order valence-electron chi connectivity index (χ2n) is 5.40. The van der Waals surface area contributed by atoms with E-state index in [9.17, 15) is 22.8 Å². The van der Waals surface area contributed by atoms with Crippen molar-refractivity contribution in [2.24, 2.45) is 0 Å². The van der Waals surface area contributed by atoms with Gasteiger partial charge in [-0.25, -0.2) is 4.79 Å². The molecule has 126 valence electrons. The molecule has 5 nitrogen and oxygen atoms in total. The Morgan fingerprint density at radius 3 is 2.43 bits per heavy atom. The Kier molecular flexibility index (Phi) is 5.12. The Bertz CT molecular complexity index is 572. The van der Waals surface area contributed by atoms with E-state index < -0.39 is 29.8 Å². The highest BCUT2D eigenvalue weighted by atomic mass is 19.4. The third kappa shape index (κ3) is 4.37. The fraction of sp³-hybridized carbons (Fsp3) is 0.467. The third-order valence-corrected chi connectivity index (χ3v) is 3.80. The zero-order valence-corrected chi connectivity index (χ0v) is 12.3. The summed E-state index contributed by atoms with van der Waals surface area (Å²) in [7, 11) is 0. The van der Waals surface area contributed by atoms with Crippen molar-refractivity contribution >= 4 is 12.0 Å². The van der Waals surface area contributed by atoms with Gasteiger partial charge >= 0.3 is 12.3 Å². The molecule has 0 aromatic heterocycles. The number of rotatable bonds is 3. The lowest BCUT2D eigenvalue weighted by atomic mass is 10.0. The molecule has 1 atom stereocenters. The van der Waals surface area contributed by atoms with Crippen LogP contribution in [-0.2, 0) is 17.5 Å². The fourth-order valence-electron chi connectivity index (χ4n) is 2.55. The number of hydrogen-bond acceptors (Lipinski definition) is 2. The van der Waals surface area contributed by atoms with Crippen molar-refractivity contribution in [3.63, 3.8) is 0 Å². The average Bonchev–Trinajstić information content (AvgIpc) is 2.52. The van der Waals surface area contributed by atoms with Crippen LogP contribution in [0.25, 0.3) is 0 Å². The molecule has 2 amide bonds. The lowest BCUT2D eigenvalue weighted by Gasteiger charge is -2.32. The van der Waals surface area contributed by atoms with Gasteiger partial charge in [0.05, 0.1) is 5.56 Å². The molecule has 1 aliphatic heterocycles. The van der Waals surface area contributed by atoms with E-state index in [2.05, 4.69) is 5.32 Å². The molecule has 0 radical (unpaired) electrons. The maximum Gasteiger partial charge on any atom is 0.416 e. The lowest BCUT2D eigenvalue weighted by molar-refractivity contribution is -0.137. The number of halogens is 3. The van der Waals surface area contributed by atoms with Crippen molar-refractivity contribution in [3.8, 4) is 0 Å². The quantitative estimate of drug-likeness (QED) is 0.895. The number of benzene rings is 1. The first-order chi connectivity index (χ1) is 10.8. The number of hydrogen-bond donors (Lipinski definition) is 2. The van der Waals surface area contributed by atoms with Crippen LogP contribution < -0.4 is 5.32 Å². The first-order valence-corrected chi connectivity index (χ1v) is 7.22. The van der Waals surface area contributed by atoms with E-state index in [0.717, 1.165) is 29.9 Å². The number of nitrogens with one attached hydrogen (secondary N) is 1. The highest BCUT2D eigenvalue weighted by molar-refractivity contribution is 5.85. The molecule has 1 saturated heterocycles. The second-order valence-corrected chi connectivity index (χ2v) is 5.40. The summed E-state index contributed by atoms with van der Waals surface area (Å²) in [6.45, 7) is 0.370. The minimum atomic E-state index is -4.40. The Hall–Kier alpha value is -2.25. The molecule has 0 aliphatic carbocycles. The number of nitrogens with zero attached hydrogens (tertiary/aromatic N) is 1. The minimum absolute atomic E-state index is 0.0565. The summed E-state index contributed by atoms with van der Waals surface area (Å²) in [6.07, 6.45) is -3.60. The zero-order chi connectivity index (χ0) is 17.0. The van der Waals surface area contributed by atoms with Crippen LogP contribution >= 0.6 is 0 Å². The Morgan fingerprint density at radius 1 is 1.22 bits per heavy atom. The number of likely N-dealkylation sites (tertiary alicyclic amines) is 1. The van der Waals surface area contributed by atoms with Gasteiger partial charge in [-0.3, -0.25) is 9.69 Å². The number of carbonyl (C=O) groups excluding carboxylic acids is 1. The lowest BCUT2D eigenvalue weighted by Crippen LogP contribution is -2.51. The van der Waals surface area contributed by atoms with Gasteiger partial charge in [-0.05, 0) is 37.0 Å². The molecular weight excluding hydrogens is 313 g/mol. The van der Waals surface area contributed by atoms with Crippen LogP contribution in [0.4, 0.5) is 18.0 Å².